The second-order valence-corrected chi connectivity index (χ2v) is 9.62. The molecule has 0 aliphatic carbocycles. The third-order valence-electron chi connectivity index (χ3n) is 6.44. The number of nitrogens with zero attached hydrogens (tertiary/aromatic N) is 4. The van der Waals surface area contributed by atoms with Crippen LogP contribution in [-0.4, -0.2) is 62.1 Å². The van der Waals surface area contributed by atoms with Crippen molar-refractivity contribution in [2.24, 2.45) is 0 Å². The third kappa shape index (κ3) is 6.11. The lowest BCUT2D eigenvalue weighted by molar-refractivity contribution is -0.123. The van der Waals surface area contributed by atoms with Crippen LogP contribution in [0.1, 0.15) is 38.7 Å². The van der Waals surface area contributed by atoms with Gasteiger partial charge in [-0.05, 0) is 70.1 Å². The highest BCUT2D eigenvalue weighted by atomic mass is 19.1. The summed E-state index contributed by atoms with van der Waals surface area (Å²) in [5.74, 6) is -0.0490. The Bertz CT molecular complexity index is 1130. The van der Waals surface area contributed by atoms with Crippen LogP contribution in [0.3, 0.4) is 0 Å². The fourth-order valence-electron chi connectivity index (χ4n) is 4.36. The molecule has 4 rings (SSSR count). The van der Waals surface area contributed by atoms with Gasteiger partial charge in [-0.15, -0.1) is 5.10 Å². The molecule has 1 aromatic heterocycles. The summed E-state index contributed by atoms with van der Waals surface area (Å²) < 4.78 is 15.2. The van der Waals surface area contributed by atoms with Crippen molar-refractivity contribution in [3.8, 4) is 11.4 Å². The molecule has 3 N–H and O–H groups in total. The van der Waals surface area contributed by atoms with E-state index in [2.05, 4.69) is 25.6 Å². The van der Waals surface area contributed by atoms with E-state index in [-0.39, 0.29) is 23.7 Å². The monoisotopic (exact) mass is 480 g/mol. The molecule has 0 saturated carbocycles. The highest BCUT2D eigenvalue weighted by Crippen LogP contribution is 2.22. The van der Waals surface area contributed by atoms with Crippen LogP contribution in [0, 0.1) is 5.82 Å². The lowest BCUT2D eigenvalue weighted by Crippen LogP contribution is -2.60. The Morgan fingerprint density at radius 3 is 2.57 bits per heavy atom. The number of likely N-dealkylation sites (tertiary alicyclic amines) is 1. The maximum atomic E-state index is 13.5. The Hall–Kier alpha value is -3.14. The summed E-state index contributed by atoms with van der Waals surface area (Å²) in [6.07, 6.45) is 2.18. The topological polar surface area (TPSA) is 95.3 Å². The molecular weight excluding hydrogens is 447 g/mol. The van der Waals surface area contributed by atoms with E-state index in [1.165, 1.54) is 12.1 Å². The first-order valence-electron chi connectivity index (χ1n) is 11.9. The standard InChI is InChI=1S/C26H33FN6O2/c1-26(2,30-23(34)21-11-7-8-16-32(21)3)24(35)29-25-28-22(19-12-14-20(27)15-13-19)33(31-25)17-18-9-5-4-6-10-18/h4-6,9-10,12-15,21,23,30,34H,7-8,11,16-17H2,1-3H3,(H,29,31,35)/t21-,23?/m0/s1. The van der Waals surface area contributed by atoms with Gasteiger partial charge in [0.15, 0.2) is 5.82 Å². The van der Waals surface area contributed by atoms with Gasteiger partial charge in [-0.3, -0.25) is 20.3 Å². The molecule has 2 atom stereocenters. The van der Waals surface area contributed by atoms with E-state index in [1.807, 2.05) is 37.4 Å². The molecule has 1 amide bonds. The summed E-state index contributed by atoms with van der Waals surface area (Å²) in [6, 6.07) is 15.7. The van der Waals surface area contributed by atoms with E-state index in [0.717, 1.165) is 31.4 Å². The molecule has 1 saturated heterocycles. The Kier molecular flexibility index (Phi) is 7.59. The molecule has 0 spiro atoms. The predicted octanol–water partition coefficient (Wildman–Crippen LogP) is 3.24. The van der Waals surface area contributed by atoms with Crippen molar-refractivity contribution in [3.63, 3.8) is 0 Å². The smallest absolute Gasteiger partial charge is 0.249 e. The van der Waals surface area contributed by atoms with Gasteiger partial charge in [-0.25, -0.2) is 9.07 Å². The number of amides is 1. The minimum Gasteiger partial charge on any atom is -0.377 e. The number of rotatable bonds is 8. The number of aromatic nitrogens is 3. The van der Waals surface area contributed by atoms with Crippen LogP contribution in [-0.2, 0) is 11.3 Å². The first-order chi connectivity index (χ1) is 16.7. The molecule has 9 heteroatoms. The van der Waals surface area contributed by atoms with Crippen molar-refractivity contribution in [3.05, 3.63) is 66.0 Å². The van der Waals surface area contributed by atoms with Gasteiger partial charge in [0.1, 0.15) is 12.0 Å². The highest BCUT2D eigenvalue weighted by molar-refractivity contribution is 5.96. The Labute approximate surface area is 205 Å². The lowest BCUT2D eigenvalue weighted by Gasteiger charge is -2.39. The number of likely N-dealkylation sites (N-methyl/N-ethyl adjacent to an activating group) is 1. The number of benzene rings is 2. The van der Waals surface area contributed by atoms with Gasteiger partial charge >= 0.3 is 0 Å². The van der Waals surface area contributed by atoms with Gasteiger partial charge in [0.05, 0.1) is 12.1 Å². The molecular formula is C26H33FN6O2. The van der Waals surface area contributed by atoms with E-state index in [1.54, 1.807) is 30.7 Å². The normalized spacial score (nSPS) is 17.8. The van der Waals surface area contributed by atoms with Gasteiger partial charge < -0.3 is 5.11 Å². The molecule has 1 aliphatic rings. The molecule has 1 unspecified atom stereocenters. The summed E-state index contributed by atoms with van der Waals surface area (Å²) in [5.41, 5.74) is 0.627. The van der Waals surface area contributed by atoms with Crippen LogP contribution < -0.4 is 10.6 Å². The Morgan fingerprint density at radius 2 is 1.89 bits per heavy atom. The van der Waals surface area contributed by atoms with E-state index < -0.39 is 11.8 Å². The minimum absolute atomic E-state index is 0.0518. The molecule has 186 valence electrons. The van der Waals surface area contributed by atoms with Crippen molar-refractivity contribution >= 4 is 11.9 Å². The van der Waals surface area contributed by atoms with Crippen molar-refractivity contribution in [1.82, 2.24) is 25.0 Å². The molecule has 1 aliphatic heterocycles. The van der Waals surface area contributed by atoms with Crippen molar-refractivity contribution in [2.45, 2.75) is 57.5 Å². The number of aliphatic hydroxyl groups is 1. The predicted molar refractivity (Wildman–Crippen MR) is 133 cm³/mol. The van der Waals surface area contributed by atoms with E-state index in [9.17, 15) is 14.3 Å². The fraction of sp³-hybridized carbons (Fsp3) is 0.423. The summed E-state index contributed by atoms with van der Waals surface area (Å²) in [4.78, 5) is 19.8. The number of nitrogens with one attached hydrogen (secondary N) is 2. The van der Waals surface area contributed by atoms with Gasteiger partial charge in [-0.1, -0.05) is 36.8 Å². The van der Waals surface area contributed by atoms with Crippen molar-refractivity contribution in [2.75, 3.05) is 18.9 Å². The van der Waals surface area contributed by atoms with Crippen molar-refractivity contribution < 1.29 is 14.3 Å². The van der Waals surface area contributed by atoms with E-state index >= 15 is 0 Å². The summed E-state index contributed by atoms with van der Waals surface area (Å²) >= 11 is 0. The quantitative estimate of drug-likeness (QED) is 0.429. The maximum Gasteiger partial charge on any atom is 0.249 e. The number of piperidine rings is 1. The molecule has 0 radical (unpaired) electrons. The molecule has 35 heavy (non-hydrogen) atoms. The first-order valence-corrected chi connectivity index (χ1v) is 11.9. The molecule has 3 aromatic rings. The van der Waals surface area contributed by atoms with Crippen molar-refractivity contribution in [1.29, 1.82) is 0 Å². The second-order valence-electron chi connectivity index (χ2n) is 9.62. The summed E-state index contributed by atoms with van der Waals surface area (Å²) in [7, 11) is 1.99. The van der Waals surface area contributed by atoms with Gasteiger partial charge in [0.2, 0.25) is 11.9 Å². The Balaban J connectivity index is 1.53. The van der Waals surface area contributed by atoms with Crippen LogP contribution in [0.5, 0.6) is 0 Å². The number of anilines is 1. The molecule has 8 nitrogen and oxygen atoms in total. The minimum atomic E-state index is -1.07. The third-order valence-corrected chi connectivity index (χ3v) is 6.44. The highest BCUT2D eigenvalue weighted by Gasteiger charge is 2.35. The van der Waals surface area contributed by atoms with Gasteiger partial charge in [-0.2, -0.15) is 4.98 Å². The van der Waals surface area contributed by atoms with E-state index in [4.69, 9.17) is 0 Å². The molecule has 0 bridgehead atoms. The largest absolute Gasteiger partial charge is 0.377 e. The van der Waals surface area contributed by atoms with Crippen LogP contribution in [0.15, 0.2) is 54.6 Å². The maximum absolute atomic E-state index is 13.5. The zero-order valence-electron chi connectivity index (χ0n) is 20.4. The van der Waals surface area contributed by atoms with E-state index in [0.29, 0.717) is 17.9 Å². The molecule has 2 heterocycles. The average molecular weight is 481 g/mol. The zero-order valence-corrected chi connectivity index (χ0v) is 20.4. The van der Waals surface area contributed by atoms with Crippen LogP contribution in [0.4, 0.5) is 10.3 Å². The number of carbonyl (C=O) groups is 1. The number of halogens is 1. The van der Waals surface area contributed by atoms with Gasteiger partial charge in [0.25, 0.3) is 0 Å². The molecule has 2 aromatic carbocycles. The summed E-state index contributed by atoms with van der Waals surface area (Å²) in [5, 5.41) is 21.2. The van der Waals surface area contributed by atoms with Gasteiger partial charge in [0, 0.05) is 11.6 Å². The fourth-order valence-corrected chi connectivity index (χ4v) is 4.36. The Morgan fingerprint density at radius 1 is 1.17 bits per heavy atom. The SMILES string of the molecule is CN1CCCC[C@H]1C(O)NC(C)(C)C(=O)Nc1nc(-c2ccc(F)cc2)n(Cc2ccccc2)n1. The molecule has 1 fully saturated rings. The van der Waals surface area contributed by atoms with Crippen LogP contribution in [0.2, 0.25) is 0 Å². The second kappa shape index (κ2) is 10.6. The van der Waals surface area contributed by atoms with Crippen LogP contribution >= 0.6 is 0 Å². The number of aliphatic hydroxyl groups excluding tert-OH is 1. The van der Waals surface area contributed by atoms with Crippen LogP contribution in [0.25, 0.3) is 11.4 Å². The number of hydrogen-bond donors (Lipinski definition) is 3. The number of hydrogen-bond acceptors (Lipinski definition) is 6. The number of carbonyl (C=O) groups excluding carboxylic acids is 1. The average Bonchev–Trinajstić information content (AvgIpc) is 3.22. The first kappa shape index (κ1) is 25.0. The lowest BCUT2D eigenvalue weighted by atomic mass is 9.98. The zero-order chi connectivity index (χ0) is 25.0. The summed E-state index contributed by atoms with van der Waals surface area (Å²) in [6.45, 7) is 4.79.